The Morgan fingerprint density at radius 3 is 2.43 bits per heavy atom. The van der Waals surface area contributed by atoms with Gasteiger partial charge < -0.3 is 4.90 Å². The van der Waals surface area contributed by atoms with Crippen LogP contribution in [0.4, 0.5) is 0 Å². The number of hydrogen-bond acceptors (Lipinski definition) is 3. The summed E-state index contributed by atoms with van der Waals surface area (Å²) in [4.78, 5) is 32.8. The minimum Gasteiger partial charge on any atom is -0.333 e. The number of benzene rings is 1. The Bertz CT molecular complexity index is 912. The molecular weight excluding hydrogens is 374 g/mol. The minimum atomic E-state index is -0.301. The molecule has 0 aliphatic heterocycles. The Hall–Kier alpha value is -1.88. The molecule has 1 atom stereocenters. The summed E-state index contributed by atoms with van der Waals surface area (Å²) in [5.74, 6) is 1.01. The van der Waals surface area contributed by atoms with E-state index >= 15 is 0 Å². The van der Waals surface area contributed by atoms with E-state index in [2.05, 4.69) is 34.6 Å². The van der Waals surface area contributed by atoms with E-state index in [1.165, 1.54) is 0 Å². The monoisotopic (exact) mass is 405 g/mol. The minimum absolute atomic E-state index is 0.0850. The molecule has 0 saturated heterocycles. The highest BCUT2D eigenvalue weighted by Crippen LogP contribution is 2.27. The third kappa shape index (κ3) is 5.13. The van der Waals surface area contributed by atoms with Crippen LogP contribution in [0.2, 0.25) is 5.02 Å². The first-order chi connectivity index (χ1) is 12.9. The predicted octanol–water partition coefficient (Wildman–Crippen LogP) is 5.05. The predicted molar refractivity (Wildman–Crippen MR) is 116 cm³/mol. The van der Waals surface area contributed by atoms with Crippen LogP contribution in [-0.4, -0.2) is 26.9 Å². The molecule has 0 fully saturated rings. The van der Waals surface area contributed by atoms with E-state index in [0.717, 1.165) is 0 Å². The summed E-state index contributed by atoms with van der Waals surface area (Å²) in [5.41, 5.74) is 0.377. The van der Waals surface area contributed by atoms with Crippen LogP contribution in [0.3, 0.4) is 0 Å². The number of carbonyl (C=O) groups is 1. The highest BCUT2D eigenvalue weighted by atomic mass is 35.5. The largest absolute Gasteiger partial charge is 0.333 e. The van der Waals surface area contributed by atoms with Gasteiger partial charge >= 0.3 is 0 Å². The van der Waals surface area contributed by atoms with Crippen LogP contribution in [0.5, 0.6) is 0 Å². The number of amides is 1. The molecule has 5 nitrogen and oxygen atoms in total. The molecule has 1 aromatic heterocycles. The van der Waals surface area contributed by atoms with Gasteiger partial charge in [-0.3, -0.25) is 14.2 Å². The molecule has 28 heavy (non-hydrogen) atoms. The smallest absolute Gasteiger partial charge is 0.261 e. The Labute approximate surface area is 172 Å². The maximum atomic E-state index is 13.1. The van der Waals surface area contributed by atoms with Crippen LogP contribution >= 0.6 is 11.6 Å². The fourth-order valence-corrected chi connectivity index (χ4v) is 3.57. The first kappa shape index (κ1) is 22.4. The average molecular weight is 406 g/mol. The Balaban J connectivity index is 2.58. The summed E-state index contributed by atoms with van der Waals surface area (Å²) < 4.78 is 1.65. The molecule has 2 aromatic rings. The van der Waals surface area contributed by atoms with E-state index in [4.69, 9.17) is 16.6 Å². The van der Waals surface area contributed by atoms with Gasteiger partial charge in [-0.25, -0.2) is 4.98 Å². The van der Waals surface area contributed by atoms with Crippen molar-refractivity contribution in [1.82, 2.24) is 14.5 Å². The van der Waals surface area contributed by atoms with Gasteiger partial charge in [-0.1, -0.05) is 46.2 Å². The fourth-order valence-electron chi connectivity index (χ4n) is 3.40. The van der Waals surface area contributed by atoms with Crippen molar-refractivity contribution in [3.05, 3.63) is 39.4 Å². The van der Waals surface area contributed by atoms with E-state index in [1.807, 2.05) is 18.7 Å². The van der Waals surface area contributed by atoms with Gasteiger partial charge in [-0.05, 0) is 43.4 Å². The first-order valence-electron chi connectivity index (χ1n) is 9.94. The summed E-state index contributed by atoms with van der Waals surface area (Å²) in [6.45, 7) is 15.3. The number of aromatic nitrogens is 2. The van der Waals surface area contributed by atoms with Gasteiger partial charge in [0.05, 0.1) is 16.9 Å². The van der Waals surface area contributed by atoms with Gasteiger partial charge in [0.1, 0.15) is 5.82 Å². The Kier molecular flexibility index (Phi) is 6.92. The van der Waals surface area contributed by atoms with Crippen molar-refractivity contribution in [2.45, 2.75) is 67.5 Å². The third-order valence-corrected chi connectivity index (χ3v) is 4.90. The summed E-state index contributed by atoms with van der Waals surface area (Å²) >= 11 is 6.07. The summed E-state index contributed by atoms with van der Waals surface area (Å²) in [7, 11) is 0. The summed E-state index contributed by atoms with van der Waals surface area (Å²) in [5, 5.41) is 1.01. The van der Waals surface area contributed by atoms with Gasteiger partial charge in [0.25, 0.3) is 5.56 Å². The highest BCUT2D eigenvalue weighted by molar-refractivity contribution is 6.31. The maximum absolute atomic E-state index is 13.1. The van der Waals surface area contributed by atoms with Gasteiger partial charge in [0.2, 0.25) is 5.91 Å². The summed E-state index contributed by atoms with van der Waals surface area (Å²) in [6, 6.07) is 4.85. The second-order valence-electron chi connectivity index (χ2n) is 9.03. The molecule has 1 unspecified atom stereocenters. The lowest BCUT2D eigenvalue weighted by Crippen LogP contribution is -2.40. The maximum Gasteiger partial charge on any atom is 0.261 e. The van der Waals surface area contributed by atoms with E-state index in [-0.39, 0.29) is 22.9 Å². The molecular formula is C22H32ClN3O2. The number of fused-ring (bicyclic) bond motifs is 1. The van der Waals surface area contributed by atoms with Crippen molar-refractivity contribution >= 4 is 28.4 Å². The SMILES string of the molecule is CCn1c(C(C)N(CC(C)C)C(=O)CC(C)(C)C)nc2ccc(Cl)cc2c1=O. The molecule has 6 heteroatoms. The topological polar surface area (TPSA) is 55.2 Å². The summed E-state index contributed by atoms with van der Waals surface area (Å²) in [6.07, 6.45) is 0.448. The molecule has 0 bridgehead atoms. The van der Waals surface area contributed by atoms with Crippen LogP contribution < -0.4 is 5.56 Å². The van der Waals surface area contributed by atoms with Crippen molar-refractivity contribution in [2.75, 3.05) is 6.54 Å². The second-order valence-corrected chi connectivity index (χ2v) is 9.47. The Morgan fingerprint density at radius 1 is 1.25 bits per heavy atom. The standard InChI is InChI=1S/C22H32ClN3O2/c1-8-25-20(24-18-10-9-16(23)11-17(18)21(25)28)15(4)26(13-14(2)3)19(27)12-22(5,6)7/h9-11,14-15H,8,12-13H2,1-7H3. The van der Waals surface area contributed by atoms with Crippen molar-refractivity contribution in [3.8, 4) is 0 Å². The number of hydrogen-bond donors (Lipinski definition) is 0. The third-order valence-electron chi connectivity index (χ3n) is 4.67. The van der Waals surface area contributed by atoms with E-state index in [9.17, 15) is 9.59 Å². The molecule has 1 heterocycles. The molecule has 0 spiro atoms. The Morgan fingerprint density at radius 2 is 1.89 bits per heavy atom. The normalized spacial score (nSPS) is 13.2. The zero-order valence-corrected chi connectivity index (χ0v) is 18.8. The van der Waals surface area contributed by atoms with E-state index < -0.39 is 0 Å². The van der Waals surface area contributed by atoms with Crippen LogP contribution in [0, 0.1) is 11.3 Å². The zero-order chi connectivity index (χ0) is 21.2. The van der Waals surface area contributed by atoms with Gasteiger partial charge in [0, 0.05) is 24.5 Å². The van der Waals surface area contributed by atoms with Crippen molar-refractivity contribution in [3.63, 3.8) is 0 Å². The molecule has 154 valence electrons. The zero-order valence-electron chi connectivity index (χ0n) is 18.0. The van der Waals surface area contributed by atoms with Crippen molar-refractivity contribution < 1.29 is 4.79 Å². The van der Waals surface area contributed by atoms with Crippen LogP contribution in [0.25, 0.3) is 10.9 Å². The number of nitrogens with zero attached hydrogens (tertiary/aromatic N) is 3. The van der Waals surface area contributed by atoms with Gasteiger partial charge in [0.15, 0.2) is 0 Å². The van der Waals surface area contributed by atoms with Gasteiger partial charge in [-0.2, -0.15) is 0 Å². The van der Waals surface area contributed by atoms with E-state index in [1.54, 1.807) is 22.8 Å². The second kappa shape index (κ2) is 8.64. The van der Waals surface area contributed by atoms with Crippen LogP contribution in [0.15, 0.2) is 23.0 Å². The number of rotatable bonds is 6. The molecule has 0 aliphatic rings. The molecule has 0 saturated carbocycles. The molecule has 1 aromatic carbocycles. The fraction of sp³-hybridized carbons (Fsp3) is 0.591. The molecule has 0 radical (unpaired) electrons. The molecule has 2 rings (SSSR count). The van der Waals surface area contributed by atoms with Crippen LogP contribution in [-0.2, 0) is 11.3 Å². The van der Waals surface area contributed by atoms with E-state index in [0.29, 0.717) is 47.2 Å². The molecule has 1 amide bonds. The van der Waals surface area contributed by atoms with Crippen molar-refractivity contribution in [1.29, 1.82) is 0 Å². The lowest BCUT2D eigenvalue weighted by Gasteiger charge is -2.33. The quantitative estimate of drug-likeness (QED) is 0.675. The number of carbonyl (C=O) groups excluding carboxylic acids is 1. The molecule has 0 aliphatic carbocycles. The average Bonchev–Trinajstić information content (AvgIpc) is 2.57. The van der Waals surface area contributed by atoms with Gasteiger partial charge in [-0.15, -0.1) is 0 Å². The lowest BCUT2D eigenvalue weighted by atomic mass is 9.91. The lowest BCUT2D eigenvalue weighted by molar-refractivity contribution is -0.136. The first-order valence-corrected chi connectivity index (χ1v) is 10.3. The van der Waals surface area contributed by atoms with Crippen LogP contribution in [0.1, 0.15) is 66.8 Å². The number of halogens is 1. The molecule has 0 N–H and O–H groups in total. The highest BCUT2D eigenvalue weighted by Gasteiger charge is 2.29. The van der Waals surface area contributed by atoms with Crippen molar-refractivity contribution in [2.24, 2.45) is 11.3 Å².